The molecule has 0 atom stereocenters. The van der Waals surface area contributed by atoms with Crippen molar-refractivity contribution < 1.29 is 4.79 Å². The molecule has 0 unspecified atom stereocenters. The molecule has 18 heavy (non-hydrogen) atoms. The van der Waals surface area contributed by atoms with Gasteiger partial charge in [0.25, 0.3) is 0 Å². The van der Waals surface area contributed by atoms with E-state index in [0.29, 0.717) is 0 Å². The largest absolute Gasteiger partial charge is 0.273 e. The van der Waals surface area contributed by atoms with Crippen LogP contribution in [0.1, 0.15) is 43.2 Å². The van der Waals surface area contributed by atoms with Crippen molar-refractivity contribution in [1.29, 1.82) is 0 Å². The average molecular weight is 244 g/mol. The number of hydrazone groups is 1. The molecule has 1 N–H and O–H groups in total. The van der Waals surface area contributed by atoms with Gasteiger partial charge in [-0.15, -0.1) is 0 Å². The predicted octanol–water partition coefficient (Wildman–Crippen LogP) is 3.03. The molecule has 0 bridgehead atoms. The lowest BCUT2D eigenvalue weighted by Crippen LogP contribution is -2.28. The average Bonchev–Trinajstić information content (AvgIpc) is 2.42. The van der Waals surface area contributed by atoms with Crippen LogP contribution in [0, 0.1) is 12.8 Å². The third-order valence-corrected chi connectivity index (χ3v) is 3.44. The summed E-state index contributed by atoms with van der Waals surface area (Å²) in [5.41, 5.74) is 4.87. The van der Waals surface area contributed by atoms with Crippen molar-refractivity contribution in [3.63, 3.8) is 0 Å². The standard InChI is InChI=1S/C15H20N2O/c1-12-7-9-13(10-8-12)11-16-17-15(18)14-5-3-2-4-6-14/h7-11,14H,2-6H2,1H3,(H,17,18). The van der Waals surface area contributed by atoms with E-state index in [4.69, 9.17) is 0 Å². The maximum Gasteiger partial charge on any atom is 0.243 e. The Labute approximate surface area is 108 Å². The maximum absolute atomic E-state index is 11.8. The molecular weight excluding hydrogens is 224 g/mol. The van der Waals surface area contributed by atoms with Gasteiger partial charge in [-0.05, 0) is 25.3 Å². The highest BCUT2D eigenvalue weighted by atomic mass is 16.2. The van der Waals surface area contributed by atoms with Crippen molar-refractivity contribution in [2.24, 2.45) is 11.0 Å². The summed E-state index contributed by atoms with van der Waals surface area (Å²) < 4.78 is 0. The summed E-state index contributed by atoms with van der Waals surface area (Å²) in [6.07, 6.45) is 7.30. The fourth-order valence-electron chi connectivity index (χ4n) is 2.28. The van der Waals surface area contributed by atoms with Crippen molar-refractivity contribution in [3.05, 3.63) is 35.4 Å². The van der Waals surface area contributed by atoms with E-state index in [1.807, 2.05) is 31.2 Å². The predicted molar refractivity (Wildman–Crippen MR) is 73.5 cm³/mol. The van der Waals surface area contributed by atoms with Crippen LogP contribution < -0.4 is 5.43 Å². The summed E-state index contributed by atoms with van der Waals surface area (Å²) in [7, 11) is 0. The molecule has 1 aliphatic carbocycles. The third-order valence-electron chi connectivity index (χ3n) is 3.44. The number of rotatable bonds is 3. The van der Waals surface area contributed by atoms with E-state index in [1.54, 1.807) is 6.21 Å². The van der Waals surface area contributed by atoms with Gasteiger partial charge in [0.15, 0.2) is 0 Å². The number of nitrogens with one attached hydrogen (secondary N) is 1. The topological polar surface area (TPSA) is 41.5 Å². The van der Waals surface area contributed by atoms with Gasteiger partial charge >= 0.3 is 0 Å². The molecule has 3 nitrogen and oxygen atoms in total. The number of carbonyl (C=O) groups is 1. The van der Waals surface area contributed by atoms with Crippen LogP contribution in [0.5, 0.6) is 0 Å². The zero-order chi connectivity index (χ0) is 12.8. The Morgan fingerprint density at radius 3 is 2.56 bits per heavy atom. The molecule has 1 fully saturated rings. The number of carbonyl (C=O) groups excluding carboxylic acids is 1. The first kappa shape index (κ1) is 12.8. The van der Waals surface area contributed by atoms with Crippen LogP contribution in [0.4, 0.5) is 0 Å². The van der Waals surface area contributed by atoms with Crippen molar-refractivity contribution in [3.8, 4) is 0 Å². The number of amides is 1. The second kappa shape index (κ2) is 6.34. The molecule has 1 aromatic carbocycles. The number of benzene rings is 1. The molecule has 0 heterocycles. The van der Waals surface area contributed by atoms with Gasteiger partial charge < -0.3 is 0 Å². The number of nitrogens with zero attached hydrogens (tertiary/aromatic N) is 1. The molecule has 0 aliphatic heterocycles. The lowest BCUT2D eigenvalue weighted by Gasteiger charge is -2.19. The van der Waals surface area contributed by atoms with Gasteiger partial charge in [0.1, 0.15) is 0 Å². The van der Waals surface area contributed by atoms with Crippen LogP contribution in [0.15, 0.2) is 29.4 Å². The minimum Gasteiger partial charge on any atom is -0.273 e. The fourth-order valence-corrected chi connectivity index (χ4v) is 2.28. The molecule has 0 radical (unpaired) electrons. The molecule has 0 saturated heterocycles. The normalized spacial score (nSPS) is 16.9. The summed E-state index contributed by atoms with van der Waals surface area (Å²) in [6, 6.07) is 8.05. The van der Waals surface area contributed by atoms with Gasteiger partial charge in [-0.2, -0.15) is 5.10 Å². The second-order valence-corrected chi connectivity index (χ2v) is 4.98. The van der Waals surface area contributed by atoms with E-state index in [9.17, 15) is 4.79 Å². The van der Waals surface area contributed by atoms with E-state index in [2.05, 4.69) is 10.5 Å². The molecule has 3 heteroatoms. The number of hydrogen-bond acceptors (Lipinski definition) is 2. The number of aryl methyl sites for hydroxylation is 1. The molecule has 1 aliphatic rings. The lowest BCUT2D eigenvalue weighted by molar-refractivity contribution is -0.125. The zero-order valence-electron chi connectivity index (χ0n) is 10.9. The summed E-state index contributed by atoms with van der Waals surface area (Å²) in [5, 5.41) is 4.02. The maximum atomic E-state index is 11.8. The van der Waals surface area contributed by atoms with Crippen LogP contribution in [0.2, 0.25) is 0 Å². The van der Waals surface area contributed by atoms with E-state index < -0.39 is 0 Å². The Morgan fingerprint density at radius 2 is 1.89 bits per heavy atom. The van der Waals surface area contributed by atoms with Crippen molar-refractivity contribution in [2.45, 2.75) is 39.0 Å². The minimum absolute atomic E-state index is 0.0676. The Kier molecular flexibility index (Phi) is 4.51. The van der Waals surface area contributed by atoms with Crippen molar-refractivity contribution >= 4 is 12.1 Å². The molecule has 1 saturated carbocycles. The first-order chi connectivity index (χ1) is 8.75. The highest BCUT2D eigenvalue weighted by molar-refractivity contribution is 5.83. The van der Waals surface area contributed by atoms with Crippen molar-refractivity contribution in [2.75, 3.05) is 0 Å². The van der Waals surface area contributed by atoms with Gasteiger partial charge in [0.05, 0.1) is 6.21 Å². The first-order valence-corrected chi connectivity index (χ1v) is 6.65. The minimum atomic E-state index is 0.0676. The lowest BCUT2D eigenvalue weighted by atomic mass is 9.89. The quantitative estimate of drug-likeness (QED) is 0.644. The summed E-state index contributed by atoms with van der Waals surface area (Å²) in [5.74, 6) is 0.229. The summed E-state index contributed by atoms with van der Waals surface area (Å²) in [6.45, 7) is 2.05. The van der Waals surface area contributed by atoms with Crippen LogP contribution >= 0.6 is 0 Å². The summed E-state index contributed by atoms with van der Waals surface area (Å²) >= 11 is 0. The van der Waals surface area contributed by atoms with E-state index in [0.717, 1.165) is 18.4 Å². The van der Waals surface area contributed by atoms with Crippen LogP contribution in [-0.2, 0) is 4.79 Å². The van der Waals surface area contributed by atoms with Gasteiger partial charge in [-0.25, -0.2) is 5.43 Å². The molecule has 0 aromatic heterocycles. The van der Waals surface area contributed by atoms with Crippen LogP contribution in [0.25, 0.3) is 0 Å². The monoisotopic (exact) mass is 244 g/mol. The fraction of sp³-hybridized carbons (Fsp3) is 0.467. The molecule has 2 rings (SSSR count). The summed E-state index contributed by atoms with van der Waals surface area (Å²) in [4.78, 5) is 11.8. The Hall–Kier alpha value is -1.64. The first-order valence-electron chi connectivity index (χ1n) is 6.65. The van der Waals surface area contributed by atoms with Gasteiger partial charge in [-0.3, -0.25) is 4.79 Å². The Balaban J connectivity index is 1.83. The van der Waals surface area contributed by atoms with Crippen molar-refractivity contribution in [1.82, 2.24) is 5.43 Å². The van der Waals surface area contributed by atoms with Gasteiger partial charge in [-0.1, -0.05) is 49.1 Å². The Morgan fingerprint density at radius 1 is 1.22 bits per heavy atom. The molecule has 1 aromatic rings. The molecule has 96 valence electrons. The molecule has 0 spiro atoms. The van der Waals surface area contributed by atoms with Crippen LogP contribution in [0.3, 0.4) is 0 Å². The van der Waals surface area contributed by atoms with Crippen LogP contribution in [-0.4, -0.2) is 12.1 Å². The van der Waals surface area contributed by atoms with E-state index >= 15 is 0 Å². The SMILES string of the molecule is Cc1ccc(C=NNC(=O)C2CCCCC2)cc1. The highest BCUT2D eigenvalue weighted by Crippen LogP contribution is 2.23. The third kappa shape index (κ3) is 3.69. The zero-order valence-corrected chi connectivity index (χ0v) is 10.9. The van der Waals surface area contributed by atoms with Gasteiger partial charge in [0.2, 0.25) is 5.91 Å². The molecule has 1 amide bonds. The molecular formula is C15H20N2O. The van der Waals surface area contributed by atoms with E-state index in [-0.39, 0.29) is 11.8 Å². The van der Waals surface area contributed by atoms with Gasteiger partial charge in [0, 0.05) is 5.92 Å². The van der Waals surface area contributed by atoms with E-state index in [1.165, 1.54) is 24.8 Å². The smallest absolute Gasteiger partial charge is 0.243 e. The highest BCUT2D eigenvalue weighted by Gasteiger charge is 2.20. The second-order valence-electron chi connectivity index (χ2n) is 4.98. The number of hydrogen-bond donors (Lipinski definition) is 1. The Bertz CT molecular complexity index is 417.